The number of aromatic hydroxyl groups is 1. The Morgan fingerprint density at radius 1 is 1.05 bits per heavy atom. The van der Waals surface area contributed by atoms with E-state index in [-0.39, 0.29) is 6.04 Å². The van der Waals surface area contributed by atoms with Crippen molar-refractivity contribution in [3.63, 3.8) is 0 Å². The van der Waals surface area contributed by atoms with Crippen LogP contribution in [0.1, 0.15) is 24.1 Å². The molecule has 3 nitrogen and oxygen atoms in total. The number of nitrogens with one attached hydrogen (secondary N) is 1. The zero-order valence-corrected chi connectivity index (χ0v) is 12.5. The van der Waals surface area contributed by atoms with Gasteiger partial charge >= 0.3 is 0 Å². The molecule has 2 rings (SSSR count). The van der Waals surface area contributed by atoms with Gasteiger partial charge < -0.3 is 15.3 Å². The van der Waals surface area contributed by atoms with Gasteiger partial charge in [0.2, 0.25) is 0 Å². The number of anilines is 2. The number of phenols is 1. The first kappa shape index (κ1) is 14.3. The van der Waals surface area contributed by atoms with E-state index in [2.05, 4.69) is 41.4 Å². The number of aryl methyl sites for hydroxylation is 1. The van der Waals surface area contributed by atoms with Crippen LogP contribution in [0.2, 0.25) is 0 Å². The summed E-state index contributed by atoms with van der Waals surface area (Å²) >= 11 is 0. The molecule has 1 atom stereocenters. The average molecular weight is 270 g/mol. The Kier molecular flexibility index (Phi) is 4.18. The van der Waals surface area contributed by atoms with Crippen molar-refractivity contribution in [1.29, 1.82) is 0 Å². The molecule has 3 heteroatoms. The number of rotatable bonds is 4. The highest BCUT2D eigenvalue weighted by atomic mass is 16.3. The molecule has 0 fully saturated rings. The number of hydrogen-bond donors (Lipinski definition) is 2. The zero-order valence-electron chi connectivity index (χ0n) is 12.5. The Hall–Kier alpha value is -2.16. The fourth-order valence-electron chi connectivity index (χ4n) is 2.19. The quantitative estimate of drug-likeness (QED) is 0.826. The second kappa shape index (κ2) is 5.87. The Labute approximate surface area is 120 Å². The molecule has 0 amide bonds. The Morgan fingerprint density at radius 2 is 1.70 bits per heavy atom. The molecule has 0 radical (unpaired) electrons. The van der Waals surface area contributed by atoms with Crippen molar-refractivity contribution in [3.8, 4) is 5.75 Å². The first-order valence-electron chi connectivity index (χ1n) is 6.81. The highest BCUT2D eigenvalue weighted by Gasteiger charge is 2.07. The Morgan fingerprint density at radius 3 is 2.25 bits per heavy atom. The first-order chi connectivity index (χ1) is 9.47. The maximum Gasteiger partial charge on any atom is 0.115 e. The minimum Gasteiger partial charge on any atom is -0.508 e. The van der Waals surface area contributed by atoms with Gasteiger partial charge in [0.25, 0.3) is 0 Å². The van der Waals surface area contributed by atoms with Crippen LogP contribution in [-0.4, -0.2) is 19.2 Å². The monoisotopic (exact) mass is 270 g/mol. The molecule has 0 aliphatic carbocycles. The summed E-state index contributed by atoms with van der Waals surface area (Å²) in [5, 5.41) is 12.9. The fraction of sp³-hybridized carbons (Fsp3) is 0.294. The van der Waals surface area contributed by atoms with Crippen LogP contribution in [0.15, 0.2) is 42.5 Å². The summed E-state index contributed by atoms with van der Waals surface area (Å²) in [5.41, 5.74) is 4.53. The predicted molar refractivity (Wildman–Crippen MR) is 85.7 cm³/mol. The van der Waals surface area contributed by atoms with Crippen molar-refractivity contribution in [1.82, 2.24) is 0 Å². The number of nitrogens with zero attached hydrogens (tertiary/aromatic N) is 1. The summed E-state index contributed by atoms with van der Waals surface area (Å²) in [7, 11) is 4.08. The van der Waals surface area contributed by atoms with E-state index in [0.29, 0.717) is 5.75 Å². The van der Waals surface area contributed by atoms with Gasteiger partial charge in [-0.1, -0.05) is 12.1 Å². The molecule has 1 unspecified atom stereocenters. The molecule has 0 aliphatic rings. The molecule has 0 bridgehead atoms. The molecule has 106 valence electrons. The van der Waals surface area contributed by atoms with Crippen LogP contribution in [-0.2, 0) is 0 Å². The summed E-state index contributed by atoms with van der Waals surface area (Å²) in [6.07, 6.45) is 0. The highest BCUT2D eigenvalue weighted by molar-refractivity contribution is 5.55. The smallest absolute Gasteiger partial charge is 0.115 e. The van der Waals surface area contributed by atoms with E-state index >= 15 is 0 Å². The molecular formula is C17H22N2O. The van der Waals surface area contributed by atoms with Crippen LogP contribution < -0.4 is 10.2 Å². The lowest BCUT2D eigenvalue weighted by molar-refractivity contribution is 0.475. The normalized spacial score (nSPS) is 12.0. The SMILES string of the molecule is Cc1cc(O)ccc1NC(C)c1ccc(N(C)C)cc1. The minimum absolute atomic E-state index is 0.217. The van der Waals surface area contributed by atoms with E-state index in [1.165, 1.54) is 11.3 Å². The Bertz CT molecular complexity index is 576. The Balaban J connectivity index is 2.13. The van der Waals surface area contributed by atoms with Crippen molar-refractivity contribution >= 4 is 11.4 Å². The maximum atomic E-state index is 9.44. The summed E-state index contributed by atoms with van der Waals surface area (Å²) in [4.78, 5) is 2.09. The molecule has 0 heterocycles. The molecule has 0 saturated carbocycles. The third-order valence-electron chi connectivity index (χ3n) is 3.49. The van der Waals surface area contributed by atoms with E-state index in [0.717, 1.165) is 11.3 Å². The van der Waals surface area contributed by atoms with E-state index < -0.39 is 0 Å². The standard InChI is InChI=1S/C17H22N2O/c1-12-11-16(20)9-10-17(12)18-13(2)14-5-7-15(8-6-14)19(3)4/h5-11,13,18,20H,1-4H3. The number of phenolic OH excluding ortho intramolecular Hbond substituents is 1. The van der Waals surface area contributed by atoms with Gasteiger partial charge in [0.15, 0.2) is 0 Å². The molecule has 2 aromatic carbocycles. The molecular weight excluding hydrogens is 248 g/mol. The van der Waals surface area contributed by atoms with E-state index in [1.807, 2.05) is 27.1 Å². The third-order valence-corrected chi connectivity index (χ3v) is 3.49. The lowest BCUT2D eigenvalue weighted by Crippen LogP contribution is -2.10. The summed E-state index contributed by atoms with van der Waals surface area (Å²) in [5.74, 6) is 0.302. The second-order valence-electron chi connectivity index (χ2n) is 5.35. The van der Waals surface area contributed by atoms with Crippen molar-refractivity contribution in [3.05, 3.63) is 53.6 Å². The average Bonchev–Trinajstić information content (AvgIpc) is 2.42. The van der Waals surface area contributed by atoms with Crippen molar-refractivity contribution in [2.75, 3.05) is 24.3 Å². The van der Waals surface area contributed by atoms with Gasteiger partial charge in [-0.3, -0.25) is 0 Å². The maximum absolute atomic E-state index is 9.44. The van der Waals surface area contributed by atoms with Crippen molar-refractivity contribution in [2.24, 2.45) is 0 Å². The lowest BCUT2D eigenvalue weighted by atomic mass is 10.1. The number of benzene rings is 2. The molecule has 0 aliphatic heterocycles. The van der Waals surface area contributed by atoms with Gasteiger partial charge in [-0.25, -0.2) is 0 Å². The lowest BCUT2D eigenvalue weighted by Gasteiger charge is -2.19. The molecule has 20 heavy (non-hydrogen) atoms. The molecule has 0 aromatic heterocycles. The van der Waals surface area contributed by atoms with Gasteiger partial charge in [-0.15, -0.1) is 0 Å². The van der Waals surface area contributed by atoms with Crippen LogP contribution >= 0.6 is 0 Å². The second-order valence-corrected chi connectivity index (χ2v) is 5.35. The van der Waals surface area contributed by atoms with Crippen LogP contribution in [0.5, 0.6) is 5.75 Å². The van der Waals surface area contributed by atoms with Gasteiger partial charge in [-0.05, 0) is 55.3 Å². The molecule has 0 spiro atoms. The van der Waals surface area contributed by atoms with E-state index in [9.17, 15) is 5.11 Å². The summed E-state index contributed by atoms with van der Waals surface area (Å²) in [6.45, 7) is 4.13. The van der Waals surface area contributed by atoms with Gasteiger partial charge in [-0.2, -0.15) is 0 Å². The fourth-order valence-corrected chi connectivity index (χ4v) is 2.19. The predicted octanol–water partition coefficient (Wildman–Crippen LogP) is 3.94. The van der Waals surface area contributed by atoms with Crippen LogP contribution in [0, 0.1) is 6.92 Å². The van der Waals surface area contributed by atoms with Crippen LogP contribution in [0.25, 0.3) is 0 Å². The van der Waals surface area contributed by atoms with Crippen molar-refractivity contribution < 1.29 is 5.11 Å². The van der Waals surface area contributed by atoms with Gasteiger partial charge in [0, 0.05) is 31.5 Å². The topological polar surface area (TPSA) is 35.5 Å². The minimum atomic E-state index is 0.217. The first-order valence-corrected chi connectivity index (χ1v) is 6.81. The summed E-state index contributed by atoms with van der Waals surface area (Å²) in [6, 6.07) is 14.1. The highest BCUT2D eigenvalue weighted by Crippen LogP contribution is 2.25. The zero-order chi connectivity index (χ0) is 14.7. The third kappa shape index (κ3) is 3.23. The summed E-state index contributed by atoms with van der Waals surface area (Å²) < 4.78 is 0. The molecule has 2 N–H and O–H groups in total. The van der Waals surface area contributed by atoms with Gasteiger partial charge in [0.05, 0.1) is 0 Å². The molecule has 2 aromatic rings. The van der Waals surface area contributed by atoms with Gasteiger partial charge in [0.1, 0.15) is 5.75 Å². The van der Waals surface area contributed by atoms with Crippen LogP contribution in [0.3, 0.4) is 0 Å². The molecule has 0 saturated heterocycles. The van der Waals surface area contributed by atoms with E-state index in [4.69, 9.17) is 0 Å². The van der Waals surface area contributed by atoms with Crippen LogP contribution in [0.4, 0.5) is 11.4 Å². The largest absolute Gasteiger partial charge is 0.508 e. The number of hydrogen-bond acceptors (Lipinski definition) is 3. The van der Waals surface area contributed by atoms with E-state index in [1.54, 1.807) is 12.1 Å². The van der Waals surface area contributed by atoms with Crippen molar-refractivity contribution in [2.45, 2.75) is 19.9 Å².